The molecule has 4 nitrogen and oxygen atoms in total. The van der Waals surface area contributed by atoms with Crippen LogP contribution in [0.5, 0.6) is 0 Å². The lowest BCUT2D eigenvalue weighted by Gasteiger charge is -2.13. The van der Waals surface area contributed by atoms with Gasteiger partial charge in [-0.05, 0) is 50.0 Å². The molecule has 0 spiro atoms. The first-order valence-corrected chi connectivity index (χ1v) is 8.38. The molecule has 0 bridgehead atoms. The van der Waals surface area contributed by atoms with Crippen LogP contribution >= 0.6 is 15.9 Å². The standard InChI is InChI=1S/C12H17BrN2O2S/c1-9-2-3-11(13)6-12(9)15-18(16,17)8-10-4-5-14-7-10/h2-3,6,10,14-15H,4-5,7-8H2,1H3. The Balaban J connectivity index is 2.09. The smallest absolute Gasteiger partial charge is 0.233 e. The summed E-state index contributed by atoms with van der Waals surface area (Å²) in [6, 6.07) is 5.58. The molecule has 2 N–H and O–H groups in total. The third-order valence-electron chi connectivity index (χ3n) is 3.08. The minimum Gasteiger partial charge on any atom is -0.316 e. The van der Waals surface area contributed by atoms with Crippen molar-refractivity contribution in [3.8, 4) is 0 Å². The fourth-order valence-corrected chi connectivity index (χ4v) is 3.98. The number of sulfonamides is 1. The van der Waals surface area contributed by atoms with E-state index in [1.807, 2.05) is 19.1 Å². The highest BCUT2D eigenvalue weighted by Gasteiger charge is 2.22. The number of aryl methyl sites for hydroxylation is 1. The highest BCUT2D eigenvalue weighted by atomic mass is 79.9. The number of hydrogen-bond donors (Lipinski definition) is 2. The van der Waals surface area contributed by atoms with Crippen LogP contribution in [-0.2, 0) is 10.0 Å². The summed E-state index contributed by atoms with van der Waals surface area (Å²) >= 11 is 3.35. The molecule has 1 aliphatic heterocycles. The number of anilines is 1. The first-order valence-electron chi connectivity index (χ1n) is 5.94. The van der Waals surface area contributed by atoms with E-state index in [0.29, 0.717) is 5.69 Å². The SMILES string of the molecule is Cc1ccc(Br)cc1NS(=O)(=O)CC1CCNC1. The van der Waals surface area contributed by atoms with Crippen LogP contribution in [0.3, 0.4) is 0 Å². The fourth-order valence-electron chi connectivity index (χ4n) is 2.08. The topological polar surface area (TPSA) is 58.2 Å². The highest BCUT2D eigenvalue weighted by Crippen LogP contribution is 2.22. The van der Waals surface area contributed by atoms with Gasteiger partial charge in [-0.25, -0.2) is 8.42 Å². The van der Waals surface area contributed by atoms with Crippen molar-refractivity contribution in [1.82, 2.24) is 5.32 Å². The van der Waals surface area contributed by atoms with Crippen molar-refractivity contribution in [1.29, 1.82) is 0 Å². The quantitative estimate of drug-likeness (QED) is 0.887. The van der Waals surface area contributed by atoms with Crippen molar-refractivity contribution in [2.45, 2.75) is 13.3 Å². The Morgan fingerprint density at radius 3 is 2.94 bits per heavy atom. The monoisotopic (exact) mass is 332 g/mol. The van der Waals surface area contributed by atoms with E-state index in [9.17, 15) is 8.42 Å². The van der Waals surface area contributed by atoms with E-state index >= 15 is 0 Å². The molecule has 1 aromatic carbocycles. The molecule has 1 saturated heterocycles. The van der Waals surface area contributed by atoms with E-state index in [0.717, 1.165) is 29.5 Å². The van der Waals surface area contributed by atoms with E-state index in [1.54, 1.807) is 6.07 Å². The molecule has 0 radical (unpaired) electrons. The predicted molar refractivity (Wildman–Crippen MR) is 77.3 cm³/mol. The van der Waals surface area contributed by atoms with Gasteiger partial charge < -0.3 is 5.32 Å². The Hall–Kier alpha value is -0.590. The summed E-state index contributed by atoms with van der Waals surface area (Å²) in [5.41, 5.74) is 1.57. The lowest BCUT2D eigenvalue weighted by Crippen LogP contribution is -2.24. The molecule has 0 aromatic heterocycles. The first kappa shape index (κ1) is 13.8. The molecule has 6 heteroatoms. The number of halogens is 1. The van der Waals surface area contributed by atoms with Gasteiger partial charge in [0.2, 0.25) is 10.0 Å². The predicted octanol–water partition coefficient (Wildman–Crippen LogP) is 2.11. The Kier molecular flexibility index (Phi) is 4.29. The molecule has 0 saturated carbocycles. The zero-order valence-electron chi connectivity index (χ0n) is 10.2. The summed E-state index contributed by atoms with van der Waals surface area (Å²) in [5.74, 6) is 0.404. The van der Waals surface area contributed by atoms with Crippen molar-refractivity contribution in [2.75, 3.05) is 23.6 Å². The molecule has 1 atom stereocenters. The van der Waals surface area contributed by atoms with Crippen LogP contribution in [0.25, 0.3) is 0 Å². The molecular weight excluding hydrogens is 316 g/mol. The zero-order chi connectivity index (χ0) is 13.2. The summed E-state index contributed by atoms with van der Waals surface area (Å²) in [6.45, 7) is 3.59. The number of benzene rings is 1. The average molecular weight is 333 g/mol. The maximum atomic E-state index is 12.1. The molecule has 0 amide bonds. The minimum absolute atomic E-state index is 0.186. The third-order valence-corrected chi connectivity index (χ3v) is 5.02. The zero-order valence-corrected chi connectivity index (χ0v) is 12.6. The van der Waals surface area contributed by atoms with Gasteiger partial charge in [0.25, 0.3) is 0 Å². The Labute approximate surface area is 116 Å². The van der Waals surface area contributed by atoms with E-state index in [-0.39, 0.29) is 11.7 Å². The first-order chi connectivity index (χ1) is 8.46. The second kappa shape index (κ2) is 5.59. The van der Waals surface area contributed by atoms with Crippen LogP contribution in [0.1, 0.15) is 12.0 Å². The maximum absolute atomic E-state index is 12.1. The van der Waals surface area contributed by atoms with E-state index < -0.39 is 10.0 Å². The molecule has 1 fully saturated rings. The Bertz CT molecular complexity index is 525. The second-order valence-electron chi connectivity index (χ2n) is 4.70. The molecule has 2 rings (SSSR count). The summed E-state index contributed by atoms with van der Waals surface area (Å²) in [4.78, 5) is 0. The highest BCUT2D eigenvalue weighted by molar-refractivity contribution is 9.10. The molecule has 100 valence electrons. The van der Waals surface area contributed by atoms with Crippen LogP contribution in [0.4, 0.5) is 5.69 Å². The third kappa shape index (κ3) is 3.70. The summed E-state index contributed by atoms with van der Waals surface area (Å²) < 4.78 is 27.7. The van der Waals surface area contributed by atoms with Crippen molar-refractivity contribution >= 4 is 31.6 Å². The number of nitrogens with one attached hydrogen (secondary N) is 2. The summed E-state index contributed by atoms with van der Waals surface area (Å²) in [5, 5.41) is 3.18. The number of rotatable bonds is 4. The molecule has 1 heterocycles. The summed E-state index contributed by atoms with van der Waals surface area (Å²) in [7, 11) is -3.27. The van der Waals surface area contributed by atoms with Gasteiger partial charge in [0.05, 0.1) is 11.4 Å². The van der Waals surface area contributed by atoms with Crippen LogP contribution < -0.4 is 10.0 Å². The molecule has 0 aliphatic carbocycles. The van der Waals surface area contributed by atoms with E-state index in [2.05, 4.69) is 26.0 Å². The lowest BCUT2D eigenvalue weighted by atomic mass is 10.2. The molecular formula is C12H17BrN2O2S. The van der Waals surface area contributed by atoms with Gasteiger partial charge in [0.1, 0.15) is 0 Å². The van der Waals surface area contributed by atoms with Crippen LogP contribution in [0, 0.1) is 12.8 Å². The molecule has 1 aliphatic rings. The lowest BCUT2D eigenvalue weighted by molar-refractivity contribution is 0.575. The largest absolute Gasteiger partial charge is 0.316 e. The van der Waals surface area contributed by atoms with Crippen molar-refractivity contribution in [2.24, 2.45) is 5.92 Å². The van der Waals surface area contributed by atoms with Crippen LogP contribution in [0.15, 0.2) is 22.7 Å². The molecule has 18 heavy (non-hydrogen) atoms. The van der Waals surface area contributed by atoms with E-state index in [4.69, 9.17) is 0 Å². The fraction of sp³-hybridized carbons (Fsp3) is 0.500. The Morgan fingerprint density at radius 1 is 1.50 bits per heavy atom. The van der Waals surface area contributed by atoms with E-state index in [1.165, 1.54) is 0 Å². The maximum Gasteiger partial charge on any atom is 0.233 e. The van der Waals surface area contributed by atoms with Crippen LogP contribution in [-0.4, -0.2) is 27.3 Å². The average Bonchev–Trinajstić information content (AvgIpc) is 2.75. The van der Waals surface area contributed by atoms with Gasteiger partial charge in [0.15, 0.2) is 0 Å². The van der Waals surface area contributed by atoms with Gasteiger partial charge in [-0.2, -0.15) is 0 Å². The van der Waals surface area contributed by atoms with Gasteiger partial charge in [-0.3, -0.25) is 4.72 Å². The minimum atomic E-state index is -3.27. The summed E-state index contributed by atoms with van der Waals surface area (Å²) in [6.07, 6.45) is 0.929. The second-order valence-corrected chi connectivity index (χ2v) is 7.38. The van der Waals surface area contributed by atoms with Gasteiger partial charge in [0, 0.05) is 4.47 Å². The van der Waals surface area contributed by atoms with Crippen molar-refractivity contribution in [3.05, 3.63) is 28.2 Å². The normalized spacial score (nSPS) is 20.0. The van der Waals surface area contributed by atoms with Crippen LogP contribution in [0.2, 0.25) is 0 Å². The van der Waals surface area contributed by atoms with Gasteiger partial charge in [-0.15, -0.1) is 0 Å². The van der Waals surface area contributed by atoms with Crippen molar-refractivity contribution < 1.29 is 8.42 Å². The van der Waals surface area contributed by atoms with Crippen molar-refractivity contribution in [3.63, 3.8) is 0 Å². The molecule has 1 unspecified atom stereocenters. The van der Waals surface area contributed by atoms with Gasteiger partial charge in [-0.1, -0.05) is 22.0 Å². The molecule has 1 aromatic rings. The Morgan fingerprint density at radius 2 is 2.28 bits per heavy atom. The number of hydrogen-bond acceptors (Lipinski definition) is 3. The van der Waals surface area contributed by atoms with Gasteiger partial charge >= 0.3 is 0 Å².